The highest BCUT2D eigenvalue weighted by Crippen LogP contribution is 2.36. The molecule has 2 rings (SSSR count). The van der Waals surface area contributed by atoms with Crippen LogP contribution in [0.1, 0.15) is 22.8 Å². The zero-order chi connectivity index (χ0) is 19.6. The second kappa shape index (κ2) is 10.4. The predicted molar refractivity (Wildman–Crippen MR) is 103 cm³/mol. The van der Waals surface area contributed by atoms with Crippen molar-refractivity contribution in [2.45, 2.75) is 13.3 Å². The molecule has 0 bridgehead atoms. The molecule has 0 spiro atoms. The molecule has 0 aliphatic heterocycles. The molecule has 144 valence electrons. The Kier molecular flexibility index (Phi) is 7.95. The van der Waals surface area contributed by atoms with Crippen LogP contribution >= 0.6 is 11.6 Å². The van der Waals surface area contributed by atoms with Crippen molar-refractivity contribution in [1.82, 2.24) is 5.32 Å². The zero-order valence-corrected chi connectivity index (χ0v) is 16.0. The first-order valence-corrected chi connectivity index (χ1v) is 8.91. The number of methoxy groups -OCH3 is 1. The minimum atomic E-state index is -0.670. The fourth-order valence-corrected chi connectivity index (χ4v) is 2.64. The summed E-state index contributed by atoms with van der Waals surface area (Å²) in [7, 11) is 1.45. The van der Waals surface area contributed by atoms with Gasteiger partial charge >= 0.3 is 5.97 Å². The summed E-state index contributed by atoms with van der Waals surface area (Å²) in [6.45, 7) is 2.31. The number of ether oxygens (including phenoxy) is 3. The number of hydrogen-bond acceptors (Lipinski definition) is 5. The molecule has 2 aromatic carbocycles. The van der Waals surface area contributed by atoms with Crippen LogP contribution in [-0.2, 0) is 16.0 Å². The molecule has 7 heteroatoms. The minimum Gasteiger partial charge on any atom is -0.493 e. The van der Waals surface area contributed by atoms with Gasteiger partial charge in [-0.3, -0.25) is 4.79 Å². The molecule has 0 heterocycles. The Morgan fingerprint density at radius 2 is 1.89 bits per heavy atom. The lowest BCUT2D eigenvalue weighted by molar-refractivity contribution is -0.124. The van der Waals surface area contributed by atoms with Gasteiger partial charge in [-0.05, 0) is 31.0 Å². The first kappa shape index (κ1) is 20.6. The van der Waals surface area contributed by atoms with E-state index in [9.17, 15) is 9.59 Å². The Morgan fingerprint density at radius 1 is 1.15 bits per heavy atom. The molecule has 0 aromatic heterocycles. The Bertz CT molecular complexity index is 779. The van der Waals surface area contributed by atoms with Crippen LogP contribution in [0.5, 0.6) is 11.5 Å². The molecule has 0 aliphatic rings. The molecule has 2 aromatic rings. The highest BCUT2D eigenvalue weighted by molar-refractivity contribution is 6.32. The molecular formula is C20H22ClNO5. The number of amides is 1. The van der Waals surface area contributed by atoms with Crippen molar-refractivity contribution in [3.8, 4) is 11.5 Å². The molecule has 0 fully saturated rings. The van der Waals surface area contributed by atoms with Crippen molar-refractivity contribution < 1.29 is 23.8 Å². The fraction of sp³-hybridized carbons (Fsp3) is 0.300. The lowest BCUT2D eigenvalue weighted by Gasteiger charge is -2.13. The van der Waals surface area contributed by atoms with Crippen molar-refractivity contribution in [3.05, 3.63) is 58.6 Å². The number of nitrogens with one attached hydrogen (secondary N) is 1. The Hall–Kier alpha value is -2.73. The van der Waals surface area contributed by atoms with Gasteiger partial charge in [0, 0.05) is 6.54 Å². The standard InChI is InChI=1S/C20H22ClNO5/c1-3-26-19-16(21)11-15(12-17(19)25-2)20(24)27-13-18(23)22-10-9-14-7-5-4-6-8-14/h4-8,11-12H,3,9-10,13H2,1-2H3,(H,22,23). The third-order valence-corrected chi connectivity index (χ3v) is 3.95. The number of carbonyl (C=O) groups is 2. The maximum Gasteiger partial charge on any atom is 0.338 e. The first-order chi connectivity index (χ1) is 13.0. The van der Waals surface area contributed by atoms with E-state index in [0.29, 0.717) is 31.1 Å². The van der Waals surface area contributed by atoms with E-state index in [1.54, 1.807) is 0 Å². The summed E-state index contributed by atoms with van der Waals surface area (Å²) >= 11 is 6.13. The molecule has 1 amide bonds. The second-order valence-electron chi connectivity index (χ2n) is 5.58. The van der Waals surface area contributed by atoms with E-state index >= 15 is 0 Å². The molecule has 6 nitrogen and oxygen atoms in total. The molecule has 27 heavy (non-hydrogen) atoms. The van der Waals surface area contributed by atoms with E-state index in [1.807, 2.05) is 37.3 Å². The van der Waals surface area contributed by atoms with E-state index < -0.39 is 5.97 Å². The first-order valence-electron chi connectivity index (χ1n) is 8.53. The van der Waals surface area contributed by atoms with Crippen LogP contribution in [0, 0.1) is 0 Å². The molecule has 0 saturated heterocycles. The summed E-state index contributed by atoms with van der Waals surface area (Å²) in [5.41, 5.74) is 1.29. The van der Waals surface area contributed by atoms with Crippen LogP contribution in [0.3, 0.4) is 0 Å². The van der Waals surface area contributed by atoms with Crippen LogP contribution in [-0.4, -0.2) is 38.7 Å². The van der Waals surface area contributed by atoms with Gasteiger partial charge in [-0.2, -0.15) is 0 Å². The average molecular weight is 392 g/mol. The SMILES string of the molecule is CCOc1c(Cl)cc(C(=O)OCC(=O)NCCc2ccccc2)cc1OC. The molecule has 0 aliphatic carbocycles. The van der Waals surface area contributed by atoms with E-state index in [2.05, 4.69) is 5.32 Å². The van der Waals surface area contributed by atoms with E-state index in [1.165, 1.54) is 19.2 Å². The smallest absolute Gasteiger partial charge is 0.338 e. The van der Waals surface area contributed by atoms with Crippen molar-refractivity contribution in [1.29, 1.82) is 0 Å². The average Bonchev–Trinajstić information content (AvgIpc) is 2.68. The van der Waals surface area contributed by atoms with Crippen molar-refractivity contribution in [3.63, 3.8) is 0 Å². The van der Waals surface area contributed by atoms with Gasteiger partial charge in [0.25, 0.3) is 5.91 Å². The van der Waals surface area contributed by atoms with Gasteiger partial charge in [-0.1, -0.05) is 41.9 Å². The zero-order valence-electron chi connectivity index (χ0n) is 15.3. The van der Waals surface area contributed by atoms with Crippen LogP contribution in [0.15, 0.2) is 42.5 Å². The highest BCUT2D eigenvalue weighted by Gasteiger charge is 2.17. The van der Waals surface area contributed by atoms with Crippen molar-refractivity contribution in [2.24, 2.45) is 0 Å². The van der Waals surface area contributed by atoms with Gasteiger partial charge in [0.05, 0.1) is 24.3 Å². The van der Waals surface area contributed by atoms with Gasteiger partial charge in [-0.25, -0.2) is 4.79 Å². The normalized spacial score (nSPS) is 10.2. The van der Waals surface area contributed by atoms with Gasteiger partial charge < -0.3 is 19.5 Å². The number of hydrogen-bond donors (Lipinski definition) is 1. The second-order valence-corrected chi connectivity index (χ2v) is 5.99. The summed E-state index contributed by atoms with van der Waals surface area (Å²) in [4.78, 5) is 24.0. The number of benzene rings is 2. The third-order valence-electron chi connectivity index (χ3n) is 3.67. The largest absolute Gasteiger partial charge is 0.493 e. The van der Waals surface area contributed by atoms with Crippen LogP contribution in [0.2, 0.25) is 5.02 Å². The lowest BCUT2D eigenvalue weighted by atomic mass is 10.1. The van der Waals surface area contributed by atoms with Crippen LogP contribution < -0.4 is 14.8 Å². The monoisotopic (exact) mass is 391 g/mol. The Morgan fingerprint density at radius 3 is 2.56 bits per heavy atom. The molecule has 0 radical (unpaired) electrons. The Balaban J connectivity index is 1.85. The van der Waals surface area contributed by atoms with Crippen molar-refractivity contribution in [2.75, 3.05) is 26.9 Å². The van der Waals surface area contributed by atoms with E-state index in [0.717, 1.165) is 5.56 Å². The van der Waals surface area contributed by atoms with Gasteiger partial charge in [0.1, 0.15) is 0 Å². The summed E-state index contributed by atoms with van der Waals surface area (Å²) in [6.07, 6.45) is 0.701. The predicted octanol–water partition coefficient (Wildman–Crippen LogP) is 3.26. The van der Waals surface area contributed by atoms with E-state index in [4.69, 9.17) is 25.8 Å². The molecular weight excluding hydrogens is 370 g/mol. The van der Waals surface area contributed by atoms with Gasteiger partial charge in [0.15, 0.2) is 18.1 Å². The quantitative estimate of drug-likeness (QED) is 0.664. The summed E-state index contributed by atoms with van der Waals surface area (Å²) < 4.78 is 15.6. The molecule has 1 N–H and O–H groups in total. The summed E-state index contributed by atoms with van der Waals surface area (Å²) in [6, 6.07) is 12.7. The summed E-state index contributed by atoms with van der Waals surface area (Å²) in [5, 5.41) is 2.94. The van der Waals surface area contributed by atoms with Crippen LogP contribution in [0.4, 0.5) is 0 Å². The molecule has 0 saturated carbocycles. The van der Waals surface area contributed by atoms with Gasteiger partial charge in [0.2, 0.25) is 0 Å². The fourth-order valence-electron chi connectivity index (χ4n) is 2.38. The number of carbonyl (C=O) groups excluding carboxylic acids is 2. The lowest BCUT2D eigenvalue weighted by Crippen LogP contribution is -2.30. The summed E-state index contributed by atoms with van der Waals surface area (Å²) in [5.74, 6) is -0.361. The highest BCUT2D eigenvalue weighted by atomic mass is 35.5. The maximum atomic E-state index is 12.2. The maximum absolute atomic E-state index is 12.2. The van der Waals surface area contributed by atoms with Crippen molar-refractivity contribution >= 4 is 23.5 Å². The molecule has 0 unspecified atom stereocenters. The van der Waals surface area contributed by atoms with Crippen LogP contribution in [0.25, 0.3) is 0 Å². The topological polar surface area (TPSA) is 73.9 Å². The third kappa shape index (κ3) is 6.18. The molecule has 0 atom stereocenters. The number of rotatable bonds is 9. The van der Waals surface area contributed by atoms with E-state index in [-0.39, 0.29) is 23.1 Å². The number of esters is 1. The minimum absolute atomic E-state index is 0.178. The van der Waals surface area contributed by atoms with Gasteiger partial charge in [-0.15, -0.1) is 0 Å². The Labute approximate surface area is 163 Å². The number of halogens is 1.